The maximum atomic E-state index is 11.3. The van der Waals surface area contributed by atoms with Crippen molar-refractivity contribution in [3.8, 4) is 0 Å². The summed E-state index contributed by atoms with van der Waals surface area (Å²) < 4.78 is 0. The van der Waals surface area contributed by atoms with Crippen molar-refractivity contribution in [3.63, 3.8) is 0 Å². The molecule has 1 aromatic rings. The number of nitrogens with zero attached hydrogens (tertiary/aromatic N) is 2. The van der Waals surface area contributed by atoms with Gasteiger partial charge in [0.15, 0.2) is 0 Å². The van der Waals surface area contributed by atoms with Crippen molar-refractivity contribution in [2.75, 3.05) is 19.2 Å². The van der Waals surface area contributed by atoms with Crippen LogP contribution >= 0.6 is 0 Å². The maximum Gasteiger partial charge on any atom is 0.343 e. The topological polar surface area (TPSA) is 58.8 Å². The lowest BCUT2D eigenvalue weighted by atomic mass is 10.3. The fourth-order valence-electron chi connectivity index (χ4n) is 1.05. The molecule has 1 atom stereocenters. The third-order valence-electron chi connectivity index (χ3n) is 2.18. The first-order valence-corrected chi connectivity index (χ1v) is 5.00. The van der Waals surface area contributed by atoms with Gasteiger partial charge in [0.1, 0.15) is 6.23 Å². The number of rotatable bonds is 4. The molecule has 16 heavy (non-hydrogen) atoms. The van der Waals surface area contributed by atoms with Gasteiger partial charge in [-0.25, -0.2) is 9.63 Å². The summed E-state index contributed by atoms with van der Waals surface area (Å²) in [7, 11) is 3.71. The van der Waals surface area contributed by atoms with E-state index in [2.05, 4.69) is 0 Å². The van der Waals surface area contributed by atoms with Crippen LogP contribution < -0.4 is 10.8 Å². The molecule has 1 rings (SSSR count). The van der Waals surface area contributed by atoms with E-state index < -0.39 is 6.03 Å². The molecule has 0 saturated heterocycles. The summed E-state index contributed by atoms with van der Waals surface area (Å²) in [6, 6.07) is 8.36. The second-order valence-electron chi connectivity index (χ2n) is 3.64. The predicted octanol–water partition coefficient (Wildman–Crippen LogP) is 1.41. The molecule has 2 amide bonds. The van der Waals surface area contributed by atoms with E-state index in [0.29, 0.717) is 5.69 Å². The second-order valence-corrected chi connectivity index (χ2v) is 3.64. The molecule has 0 heterocycles. The number of para-hydroxylation sites is 1. The largest absolute Gasteiger partial charge is 0.349 e. The number of carbonyl (C=O) groups is 1. The zero-order valence-electron chi connectivity index (χ0n) is 9.75. The van der Waals surface area contributed by atoms with E-state index in [0.717, 1.165) is 5.06 Å². The Balaban J connectivity index is 2.81. The van der Waals surface area contributed by atoms with Crippen LogP contribution in [0.15, 0.2) is 30.3 Å². The molecule has 0 aliphatic heterocycles. The first-order valence-electron chi connectivity index (χ1n) is 5.00. The number of primary amides is 1. The molecule has 0 bridgehead atoms. The van der Waals surface area contributed by atoms with E-state index in [9.17, 15) is 4.79 Å². The summed E-state index contributed by atoms with van der Waals surface area (Å²) in [6.07, 6.45) is -0.243. The molecule has 0 radical (unpaired) electrons. The summed E-state index contributed by atoms with van der Waals surface area (Å²) >= 11 is 0. The van der Waals surface area contributed by atoms with Gasteiger partial charge in [-0.15, -0.1) is 0 Å². The van der Waals surface area contributed by atoms with Crippen molar-refractivity contribution in [3.05, 3.63) is 30.3 Å². The molecule has 5 nitrogen and oxygen atoms in total. The number of nitrogens with two attached hydrogens (primary N) is 1. The highest BCUT2D eigenvalue weighted by Crippen LogP contribution is 2.15. The zero-order chi connectivity index (χ0) is 12.1. The minimum Gasteiger partial charge on any atom is -0.349 e. The number of hydroxylamine groups is 1. The number of benzene rings is 1. The summed E-state index contributed by atoms with van der Waals surface area (Å²) in [5.74, 6) is 0. The average molecular weight is 223 g/mol. The highest BCUT2D eigenvalue weighted by atomic mass is 16.7. The zero-order valence-corrected chi connectivity index (χ0v) is 9.75. The van der Waals surface area contributed by atoms with Crippen molar-refractivity contribution in [2.45, 2.75) is 13.2 Å². The quantitative estimate of drug-likeness (QED) is 0.620. The van der Waals surface area contributed by atoms with Gasteiger partial charge in [-0.05, 0) is 33.2 Å². The first kappa shape index (κ1) is 12.5. The third kappa shape index (κ3) is 3.22. The van der Waals surface area contributed by atoms with Crippen LogP contribution in [0.3, 0.4) is 0 Å². The third-order valence-corrected chi connectivity index (χ3v) is 2.18. The minimum atomic E-state index is -0.639. The van der Waals surface area contributed by atoms with E-state index in [1.807, 2.05) is 44.1 Å². The number of anilines is 1. The summed E-state index contributed by atoms with van der Waals surface area (Å²) in [5, 5.41) is 1.09. The number of amides is 2. The Hall–Kier alpha value is -1.59. The molecular weight excluding hydrogens is 206 g/mol. The van der Waals surface area contributed by atoms with E-state index in [1.54, 1.807) is 12.1 Å². The second kappa shape index (κ2) is 5.48. The molecule has 0 aliphatic rings. The van der Waals surface area contributed by atoms with Crippen LogP contribution in [0.5, 0.6) is 0 Å². The van der Waals surface area contributed by atoms with Crippen LogP contribution in [0, 0.1) is 0 Å². The Morgan fingerprint density at radius 2 is 1.88 bits per heavy atom. The van der Waals surface area contributed by atoms with Crippen molar-refractivity contribution in [2.24, 2.45) is 5.73 Å². The molecule has 0 aliphatic carbocycles. The molecule has 0 aromatic heterocycles. The fourth-order valence-corrected chi connectivity index (χ4v) is 1.05. The van der Waals surface area contributed by atoms with Crippen LogP contribution in [0.4, 0.5) is 10.5 Å². The van der Waals surface area contributed by atoms with Crippen molar-refractivity contribution in [1.29, 1.82) is 0 Å². The molecule has 1 unspecified atom stereocenters. The van der Waals surface area contributed by atoms with Crippen LogP contribution in [0.1, 0.15) is 6.92 Å². The molecule has 88 valence electrons. The van der Waals surface area contributed by atoms with Crippen LogP contribution in [-0.2, 0) is 4.84 Å². The Bertz CT molecular complexity index is 340. The van der Waals surface area contributed by atoms with Gasteiger partial charge in [0.25, 0.3) is 0 Å². The van der Waals surface area contributed by atoms with Crippen LogP contribution in [-0.4, -0.2) is 31.3 Å². The van der Waals surface area contributed by atoms with E-state index in [-0.39, 0.29) is 6.23 Å². The predicted molar refractivity (Wildman–Crippen MR) is 62.7 cm³/mol. The fraction of sp³-hybridized carbons (Fsp3) is 0.364. The normalized spacial score (nSPS) is 12.5. The van der Waals surface area contributed by atoms with E-state index >= 15 is 0 Å². The highest BCUT2D eigenvalue weighted by Gasteiger charge is 2.17. The molecule has 0 fully saturated rings. The van der Waals surface area contributed by atoms with Gasteiger partial charge in [0, 0.05) is 0 Å². The average Bonchev–Trinajstić information content (AvgIpc) is 2.26. The lowest BCUT2D eigenvalue weighted by Gasteiger charge is -2.27. The van der Waals surface area contributed by atoms with Gasteiger partial charge in [-0.1, -0.05) is 18.2 Å². The number of hydrogen-bond donors (Lipinski definition) is 1. The molecule has 1 aromatic carbocycles. The number of hydrogen-bond acceptors (Lipinski definition) is 3. The van der Waals surface area contributed by atoms with Crippen molar-refractivity contribution < 1.29 is 9.63 Å². The standard InChI is InChI=1S/C11H17N3O2/c1-9(13(2)3)16-14(11(12)15)10-7-5-4-6-8-10/h4-9H,1-3H3,(H2,12,15). The Morgan fingerprint density at radius 1 is 1.31 bits per heavy atom. The number of carbonyl (C=O) groups excluding carboxylic acids is 1. The minimum absolute atomic E-state index is 0.243. The van der Waals surface area contributed by atoms with Gasteiger partial charge >= 0.3 is 6.03 Å². The van der Waals surface area contributed by atoms with Crippen molar-refractivity contribution in [1.82, 2.24) is 4.90 Å². The van der Waals surface area contributed by atoms with E-state index in [1.165, 1.54) is 0 Å². The SMILES string of the molecule is CC(ON(C(N)=O)c1ccccc1)N(C)C. The van der Waals surface area contributed by atoms with Crippen molar-refractivity contribution >= 4 is 11.7 Å². The highest BCUT2D eigenvalue weighted by molar-refractivity contribution is 5.88. The van der Waals surface area contributed by atoms with Gasteiger partial charge < -0.3 is 5.73 Å². The smallest absolute Gasteiger partial charge is 0.343 e. The van der Waals surface area contributed by atoms with Gasteiger partial charge in [0.05, 0.1) is 5.69 Å². The Kier molecular flexibility index (Phi) is 4.28. The summed E-state index contributed by atoms with van der Waals surface area (Å²) in [5.41, 5.74) is 5.88. The van der Waals surface area contributed by atoms with Gasteiger partial charge in [-0.2, -0.15) is 5.06 Å². The Morgan fingerprint density at radius 3 is 2.31 bits per heavy atom. The molecule has 5 heteroatoms. The van der Waals surface area contributed by atoms with Gasteiger partial charge in [-0.3, -0.25) is 4.90 Å². The van der Waals surface area contributed by atoms with Crippen LogP contribution in [0.25, 0.3) is 0 Å². The molecule has 2 N–H and O–H groups in total. The molecule has 0 saturated carbocycles. The Labute approximate surface area is 95.3 Å². The number of urea groups is 1. The lowest BCUT2D eigenvalue weighted by Crippen LogP contribution is -2.42. The monoisotopic (exact) mass is 223 g/mol. The molecule has 0 spiro atoms. The first-order chi connectivity index (χ1) is 7.52. The molecular formula is C11H17N3O2. The van der Waals surface area contributed by atoms with Gasteiger partial charge in [0.2, 0.25) is 0 Å². The van der Waals surface area contributed by atoms with E-state index in [4.69, 9.17) is 10.6 Å². The maximum absolute atomic E-state index is 11.3. The van der Waals surface area contributed by atoms with Crippen LogP contribution in [0.2, 0.25) is 0 Å². The summed E-state index contributed by atoms with van der Waals surface area (Å²) in [6.45, 7) is 1.83. The summed E-state index contributed by atoms with van der Waals surface area (Å²) in [4.78, 5) is 18.5. The lowest BCUT2D eigenvalue weighted by molar-refractivity contribution is -0.0251.